The second-order valence-electron chi connectivity index (χ2n) is 9.64. The summed E-state index contributed by atoms with van der Waals surface area (Å²) >= 11 is 5.93. The number of halogens is 4. The summed E-state index contributed by atoms with van der Waals surface area (Å²) in [4.78, 5) is 12.2. The van der Waals surface area contributed by atoms with Gasteiger partial charge < -0.3 is 15.2 Å². The van der Waals surface area contributed by atoms with Crippen LogP contribution in [0.2, 0.25) is 5.02 Å². The number of aliphatic hydroxyl groups excluding tert-OH is 1. The minimum absolute atomic E-state index is 0.184. The van der Waals surface area contributed by atoms with Crippen LogP contribution in [-0.2, 0) is 22.6 Å². The predicted molar refractivity (Wildman–Crippen MR) is 139 cm³/mol. The largest absolute Gasteiger partial charge is 0.485 e. The van der Waals surface area contributed by atoms with Crippen LogP contribution in [0.5, 0.6) is 5.75 Å². The van der Waals surface area contributed by atoms with E-state index < -0.39 is 55.3 Å². The van der Waals surface area contributed by atoms with Gasteiger partial charge >= 0.3 is 6.18 Å². The number of fused-ring (bicyclic) bond motifs is 1. The van der Waals surface area contributed by atoms with Crippen molar-refractivity contribution in [3.8, 4) is 5.75 Å². The highest BCUT2D eigenvalue weighted by Crippen LogP contribution is 2.41. The molecule has 0 saturated carbocycles. The third-order valence-electron chi connectivity index (χ3n) is 6.38. The number of hydrogen-bond acceptors (Lipinski definition) is 5. The molecule has 39 heavy (non-hydrogen) atoms. The summed E-state index contributed by atoms with van der Waals surface area (Å²) in [5.74, 6) is -0.183. The van der Waals surface area contributed by atoms with Crippen molar-refractivity contribution in [3.05, 3.63) is 94.0 Å². The maximum atomic E-state index is 13.2. The van der Waals surface area contributed by atoms with E-state index in [0.717, 1.165) is 11.6 Å². The summed E-state index contributed by atoms with van der Waals surface area (Å²) in [6.07, 6.45) is -5.54. The highest BCUT2D eigenvalue weighted by molar-refractivity contribution is 7.89. The molecule has 0 bridgehead atoms. The molecule has 2 unspecified atom stereocenters. The van der Waals surface area contributed by atoms with Crippen molar-refractivity contribution in [2.45, 2.75) is 49.1 Å². The Morgan fingerprint density at radius 1 is 1.08 bits per heavy atom. The fourth-order valence-electron chi connectivity index (χ4n) is 4.26. The third kappa shape index (κ3) is 6.38. The van der Waals surface area contributed by atoms with Gasteiger partial charge in [0.15, 0.2) is 0 Å². The number of carbonyl (C=O) groups is 1. The van der Waals surface area contributed by atoms with Gasteiger partial charge in [0.1, 0.15) is 22.4 Å². The first-order chi connectivity index (χ1) is 18.2. The third-order valence-corrected chi connectivity index (χ3v) is 8.30. The van der Waals surface area contributed by atoms with Gasteiger partial charge in [-0.15, -0.1) is 0 Å². The number of nitrogens with one attached hydrogen (secondary N) is 2. The van der Waals surface area contributed by atoms with Gasteiger partial charge in [0, 0.05) is 17.7 Å². The van der Waals surface area contributed by atoms with Crippen molar-refractivity contribution in [2.75, 3.05) is 6.54 Å². The Labute approximate surface area is 229 Å². The number of aliphatic hydroxyl groups is 1. The van der Waals surface area contributed by atoms with Gasteiger partial charge in [-0.3, -0.25) is 4.79 Å². The van der Waals surface area contributed by atoms with Gasteiger partial charge in [0.25, 0.3) is 5.91 Å². The van der Waals surface area contributed by atoms with Crippen molar-refractivity contribution in [1.82, 2.24) is 10.0 Å². The summed E-state index contributed by atoms with van der Waals surface area (Å²) in [5.41, 5.74) is -0.924. The van der Waals surface area contributed by atoms with Crippen LogP contribution in [-0.4, -0.2) is 37.7 Å². The molecule has 0 radical (unpaired) electrons. The van der Waals surface area contributed by atoms with Crippen molar-refractivity contribution >= 4 is 27.5 Å². The van der Waals surface area contributed by atoms with E-state index in [-0.39, 0.29) is 16.9 Å². The topological polar surface area (TPSA) is 105 Å². The van der Waals surface area contributed by atoms with Gasteiger partial charge in [-0.2, -0.15) is 13.2 Å². The Bertz CT molecular complexity index is 1480. The lowest BCUT2D eigenvalue weighted by molar-refractivity contribution is -0.137. The number of benzene rings is 3. The Hall–Kier alpha value is -3.12. The van der Waals surface area contributed by atoms with Gasteiger partial charge in [0.05, 0.1) is 16.6 Å². The van der Waals surface area contributed by atoms with Crippen LogP contribution in [0.1, 0.15) is 46.9 Å². The summed E-state index contributed by atoms with van der Waals surface area (Å²) in [6, 6.07) is 14.6. The van der Waals surface area contributed by atoms with Crippen LogP contribution >= 0.6 is 11.6 Å². The van der Waals surface area contributed by atoms with E-state index in [1.54, 1.807) is 13.8 Å². The monoisotopic (exact) mass is 582 g/mol. The highest BCUT2D eigenvalue weighted by Gasteiger charge is 2.45. The first-order valence-corrected chi connectivity index (χ1v) is 13.8. The molecule has 208 valence electrons. The van der Waals surface area contributed by atoms with E-state index in [0.29, 0.717) is 25.1 Å². The van der Waals surface area contributed by atoms with Gasteiger partial charge in [-0.25, -0.2) is 13.1 Å². The van der Waals surface area contributed by atoms with Crippen LogP contribution in [0.15, 0.2) is 71.6 Å². The second-order valence-corrected chi connectivity index (χ2v) is 11.7. The van der Waals surface area contributed by atoms with E-state index >= 15 is 0 Å². The molecule has 1 amide bonds. The zero-order valence-corrected chi connectivity index (χ0v) is 22.5. The van der Waals surface area contributed by atoms with Crippen LogP contribution in [0.25, 0.3) is 0 Å². The standard InChI is InChI=1S/C27H26ClF3N2O5S/c1-26(2)24(34)23(33-39(36,37)22-11-9-18(15-20(22)28)27(29,30)31)19-14-17(8-10-21(19)38-26)25(35)32-13-12-16-6-4-3-5-7-16/h3-11,14-15,23-24,33-34H,12-13H2,1-2H3,(H,32,35). The molecular weight excluding hydrogens is 557 g/mol. The number of amides is 1. The molecule has 3 aromatic carbocycles. The molecule has 0 spiro atoms. The molecule has 0 aliphatic carbocycles. The minimum atomic E-state index is -4.71. The summed E-state index contributed by atoms with van der Waals surface area (Å²) in [6.45, 7) is 3.46. The summed E-state index contributed by atoms with van der Waals surface area (Å²) in [5, 5.41) is 13.2. The lowest BCUT2D eigenvalue weighted by atomic mass is 9.86. The van der Waals surface area contributed by atoms with Crippen LogP contribution < -0.4 is 14.8 Å². The molecule has 7 nitrogen and oxygen atoms in total. The number of carbonyl (C=O) groups excluding carboxylic acids is 1. The zero-order chi connectivity index (χ0) is 28.6. The second kappa shape index (κ2) is 10.8. The smallest absolute Gasteiger partial charge is 0.416 e. The van der Waals surface area contributed by atoms with Crippen LogP contribution in [0.3, 0.4) is 0 Å². The molecule has 0 fully saturated rings. The molecule has 3 aromatic rings. The van der Waals surface area contributed by atoms with Crippen LogP contribution in [0.4, 0.5) is 13.2 Å². The van der Waals surface area contributed by atoms with Crippen molar-refractivity contribution in [2.24, 2.45) is 0 Å². The Morgan fingerprint density at radius 3 is 2.41 bits per heavy atom. The molecule has 4 rings (SSSR count). The normalized spacial score (nSPS) is 18.6. The number of rotatable bonds is 7. The van der Waals surface area contributed by atoms with Crippen molar-refractivity contribution in [1.29, 1.82) is 0 Å². The maximum absolute atomic E-state index is 13.2. The van der Waals surface area contributed by atoms with E-state index in [1.807, 2.05) is 30.3 Å². The van der Waals surface area contributed by atoms with Crippen molar-refractivity contribution in [3.63, 3.8) is 0 Å². The fourth-order valence-corrected chi connectivity index (χ4v) is 6.03. The minimum Gasteiger partial charge on any atom is -0.485 e. The molecular formula is C27H26ClF3N2O5S. The first kappa shape index (κ1) is 28.9. The molecule has 1 aliphatic heterocycles. The summed E-state index contributed by atoms with van der Waals surface area (Å²) < 4.78 is 73.8. The van der Waals surface area contributed by atoms with E-state index in [2.05, 4.69) is 10.0 Å². The predicted octanol–water partition coefficient (Wildman–Crippen LogP) is 4.88. The van der Waals surface area contributed by atoms with Crippen LogP contribution in [0, 0.1) is 0 Å². The molecule has 3 N–H and O–H groups in total. The van der Waals surface area contributed by atoms with E-state index in [4.69, 9.17) is 16.3 Å². The fraction of sp³-hybridized carbons (Fsp3) is 0.296. The molecule has 1 aliphatic rings. The SMILES string of the molecule is CC1(C)Oc2ccc(C(=O)NCCc3ccccc3)cc2C(NS(=O)(=O)c2ccc(C(F)(F)F)cc2Cl)C1O. The summed E-state index contributed by atoms with van der Waals surface area (Å²) in [7, 11) is -4.52. The number of ether oxygens (including phenoxy) is 1. The van der Waals surface area contributed by atoms with Crippen molar-refractivity contribution < 1.29 is 36.2 Å². The van der Waals surface area contributed by atoms with Gasteiger partial charge in [-0.1, -0.05) is 41.9 Å². The van der Waals surface area contributed by atoms with E-state index in [1.165, 1.54) is 18.2 Å². The number of alkyl halides is 3. The lowest BCUT2D eigenvalue weighted by Crippen LogP contribution is -2.53. The Morgan fingerprint density at radius 2 is 1.77 bits per heavy atom. The Balaban J connectivity index is 1.61. The molecule has 12 heteroatoms. The molecule has 2 atom stereocenters. The quantitative estimate of drug-likeness (QED) is 0.368. The lowest BCUT2D eigenvalue weighted by Gasteiger charge is -2.42. The molecule has 1 heterocycles. The number of hydrogen-bond donors (Lipinski definition) is 3. The molecule has 0 aromatic heterocycles. The highest BCUT2D eigenvalue weighted by atomic mass is 35.5. The zero-order valence-electron chi connectivity index (χ0n) is 20.9. The number of sulfonamides is 1. The average molecular weight is 583 g/mol. The Kier molecular flexibility index (Phi) is 8.00. The molecule has 0 saturated heterocycles. The average Bonchev–Trinajstić information content (AvgIpc) is 2.86. The van der Waals surface area contributed by atoms with Gasteiger partial charge in [0.2, 0.25) is 10.0 Å². The first-order valence-electron chi connectivity index (χ1n) is 11.9. The maximum Gasteiger partial charge on any atom is 0.416 e. The van der Waals surface area contributed by atoms with Gasteiger partial charge in [-0.05, 0) is 62.2 Å². The van der Waals surface area contributed by atoms with E-state index in [9.17, 15) is 31.5 Å².